The molecule has 0 aromatic rings. The number of ketones is 4. The van der Waals surface area contributed by atoms with E-state index in [-0.39, 0.29) is 41.9 Å². The molecule has 0 spiro atoms. The summed E-state index contributed by atoms with van der Waals surface area (Å²) in [5.74, 6) is -0.0530. The van der Waals surface area contributed by atoms with E-state index in [9.17, 15) is 19.2 Å². The van der Waals surface area contributed by atoms with E-state index < -0.39 is 21.1 Å². The van der Waals surface area contributed by atoms with Crippen LogP contribution in [0.2, 0.25) is 8.87 Å². The first-order valence-corrected chi connectivity index (χ1v) is 12.7. The van der Waals surface area contributed by atoms with E-state index in [4.69, 9.17) is 0 Å². The van der Waals surface area contributed by atoms with Crippen LogP contribution in [0.4, 0.5) is 0 Å². The van der Waals surface area contributed by atoms with Gasteiger partial charge in [0.2, 0.25) is 0 Å². The molecule has 0 amide bonds. The molecule has 4 nitrogen and oxygen atoms in total. The third-order valence-electron chi connectivity index (χ3n) is 3.73. The van der Waals surface area contributed by atoms with Crippen LogP contribution in [-0.4, -0.2) is 44.3 Å². The van der Waals surface area contributed by atoms with Gasteiger partial charge in [0.15, 0.2) is 0 Å². The Morgan fingerprint density at radius 2 is 1.30 bits per heavy atom. The van der Waals surface area contributed by atoms with Gasteiger partial charge in [-0.25, -0.2) is 0 Å². The summed E-state index contributed by atoms with van der Waals surface area (Å²) in [6.45, 7) is 5.62. The second-order valence-corrected chi connectivity index (χ2v) is 9.63. The SMILES string of the molecule is CCCCC(CCCC)C(=O)CC(=O)[CH2][Sn][CH2]C(=O)CC(C)=O. The minimum atomic E-state index is -1.11. The molecular formula is C18H30O4Sn. The second-order valence-electron chi connectivity index (χ2n) is 6.18. The van der Waals surface area contributed by atoms with Crippen LogP contribution < -0.4 is 0 Å². The van der Waals surface area contributed by atoms with Gasteiger partial charge in [-0.05, 0) is 0 Å². The van der Waals surface area contributed by atoms with Gasteiger partial charge in [0.25, 0.3) is 0 Å². The standard InChI is InChI=1S/C13H23O2.C5H7O2.Sn/c1-4-6-8-12(9-7-5-2)13(15)10-11(3)14;1-4(6)3-5(2)7;/h12H,3-10H2,1-2H3;1,3H2,2H3;. The Bertz CT molecular complexity index is 396. The van der Waals surface area contributed by atoms with Crippen molar-refractivity contribution < 1.29 is 19.2 Å². The Hall–Kier alpha value is -0.521. The molecule has 0 fully saturated rings. The van der Waals surface area contributed by atoms with E-state index >= 15 is 0 Å². The van der Waals surface area contributed by atoms with Crippen LogP contribution in [0.15, 0.2) is 0 Å². The number of unbranched alkanes of at least 4 members (excludes halogenated alkanes) is 2. The van der Waals surface area contributed by atoms with Gasteiger partial charge in [-0.15, -0.1) is 0 Å². The Morgan fingerprint density at radius 3 is 1.74 bits per heavy atom. The molecule has 0 aliphatic carbocycles. The van der Waals surface area contributed by atoms with Crippen molar-refractivity contribution in [1.82, 2.24) is 0 Å². The number of Topliss-reactive ketones (excluding diaryl/α,β-unsaturated/α-hetero) is 4. The van der Waals surface area contributed by atoms with E-state index in [1.807, 2.05) is 0 Å². The van der Waals surface area contributed by atoms with Crippen molar-refractivity contribution in [3.8, 4) is 0 Å². The van der Waals surface area contributed by atoms with Gasteiger partial charge in [-0.3, -0.25) is 0 Å². The summed E-state index contributed by atoms with van der Waals surface area (Å²) < 4.78 is 0.838. The van der Waals surface area contributed by atoms with E-state index in [0.717, 1.165) is 38.5 Å². The molecule has 0 aromatic heterocycles. The van der Waals surface area contributed by atoms with Crippen LogP contribution in [0, 0.1) is 5.92 Å². The summed E-state index contributed by atoms with van der Waals surface area (Å²) in [6.07, 6.45) is 6.01. The molecule has 2 radical (unpaired) electrons. The Morgan fingerprint density at radius 1 is 0.826 bits per heavy atom. The zero-order chi connectivity index (χ0) is 17.7. The predicted molar refractivity (Wildman–Crippen MR) is 92.8 cm³/mol. The van der Waals surface area contributed by atoms with Gasteiger partial charge in [-0.1, -0.05) is 0 Å². The number of carbonyl (C=O) groups is 4. The average Bonchev–Trinajstić information content (AvgIpc) is 2.46. The molecule has 5 heteroatoms. The van der Waals surface area contributed by atoms with E-state index in [1.165, 1.54) is 6.92 Å². The third-order valence-corrected chi connectivity index (χ3v) is 7.41. The first kappa shape index (κ1) is 22.5. The van der Waals surface area contributed by atoms with E-state index in [1.54, 1.807) is 0 Å². The van der Waals surface area contributed by atoms with Gasteiger partial charge in [0.1, 0.15) is 0 Å². The van der Waals surface area contributed by atoms with Crippen LogP contribution in [0.3, 0.4) is 0 Å². The molecule has 0 N–H and O–H groups in total. The molecule has 0 saturated carbocycles. The molecule has 0 saturated heterocycles. The normalized spacial score (nSPS) is 10.8. The number of hydrogen-bond donors (Lipinski definition) is 0. The fourth-order valence-corrected chi connectivity index (χ4v) is 5.11. The molecule has 0 bridgehead atoms. The topological polar surface area (TPSA) is 68.3 Å². The van der Waals surface area contributed by atoms with Crippen molar-refractivity contribution in [1.29, 1.82) is 0 Å². The number of carbonyl (C=O) groups excluding carboxylic acids is 4. The Balaban J connectivity index is 4.15. The van der Waals surface area contributed by atoms with Crippen molar-refractivity contribution in [3.05, 3.63) is 0 Å². The van der Waals surface area contributed by atoms with Crippen molar-refractivity contribution in [3.63, 3.8) is 0 Å². The summed E-state index contributed by atoms with van der Waals surface area (Å²) >= 11 is -1.11. The molecule has 0 atom stereocenters. The van der Waals surface area contributed by atoms with Crippen LogP contribution >= 0.6 is 0 Å². The molecule has 0 rings (SSSR count). The van der Waals surface area contributed by atoms with Crippen molar-refractivity contribution in [2.75, 3.05) is 0 Å². The van der Waals surface area contributed by atoms with Crippen LogP contribution in [0.5, 0.6) is 0 Å². The number of hydrogen-bond acceptors (Lipinski definition) is 4. The Kier molecular flexibility index (Phi) is 13.6. The van der Waals surface area contributed by atoms with E-state index in [0.29, 0.717) is 8.87 Å². The molecule has 130 valence electrons. The van der Waals surface area contributed by atoms with Crippen LogP contribution in [0.25, 0.3) is 0 Å². The molecule has 0 aliphatic heterocycles. The fraction of sp³-hybridized carbons (Fsp3) is 0.778. The summed E-state index contributed by atoms with van der Waals surface area (Å²) in [5, 5.41) is 0. The van der Waals surface area contributed by atoms with E-state index in [2.05, 4.69) is 13.8 Å². The van der Waals surface area contributed by atoms with Crippen LogP contribution in [0.1, 0.15) is 72.1 Å². The van der Waals surface area contributed by atoms with Gasteiger partial charge in [-0.2, -0.15) is 0 Å². The third kappa shape index (κ3) is 12.6. The molecule has 0 heterocycles. The van der Waals surface area contributed by atoms with Crippen molar-refractivity contribution in [2.24, 2.45) is 5.92 Å². The monoisotopic (exact) mass is 430 g/mol. The quantitative estimate of drug-likeness (QED) is 0.295. The second kappa shape index (κ2) is 13.9. The van der Waals surface area contributed by atoms with Crippen molar-refractivity contribution in [2.45, 2.75) is 81.0 Å². The average molecular weight is 429 g/mol. The number of rotatable bonds is 15. The summed E-state index contributed by atoms with van der Waals surface area (Å²) in [5.41, 5.74) is 0. The predicted octanol–water partition coefficient (Wildman–Crippen LogP) is 3.60. The zero-order valence-corrected chi connectivity index (χ0v) is 17.6. The first-order valence-electron chi connectivity index (χ1n) is 8.66. The summed E-state index contributed by atoms with van der Waals surface area (Å²) in [7, 11) is 0. The van der Waals surface area contributed by atoms with Gasteiger partial charge in [0, 0.05) is 0 Å². The maximum absolute atomic E-state index is 12.3. The molecule has 0 aliphatic rings. The molecular weight excluding hydrogens is 399 g/mol. The summed E-state index contributed by atoms with van der Waals surface area (Å²) in [4.78, 5) is 46.5. The Labute approximate surface area is 150 Å². The molecule has 0 unspecified atom stereocenters. The van der Waals surface area contributed by atoms with Crippen molar-refractivity contribution >= 4 is 44.3 Å². The first-order chi connectivity index (χ1) is 10.9. The van der Waals surface area contributed by atoms with Gasteiger partial charge >= 0.3 is 150 Å². The maximum atomic E-state index is 12.3. The molecule has 0 aromatic carbocycles. The molecule has 23 heavy (non-hydrogen) atoms. The minimum absolute atomic E-state index is 0.00442. The van der Waals surface area contributed by atoms with Gasteiger partial charge in [0.05, 0.1) is 0 Å². The van der Waals surface area contributed by atoms with Crippen LogP contribution in [-0.2, 0) is 19.2 Å². The zero-order valence-electron chi connectivity index (χ0n) is 14.8. The fourth-order valence-electron chi connectivity index (χ4n) is 2.45. The summed E-state index contributed by atoms with van der Waals surface area (Å²) in [6, 6.07) is 0. The van der Waals surface area contributed by atoms with Gasteiger partial charge < -0.3 is 0 Å².